The van der Waals surface area contributed by atoms with Crippen LogP contribution in [0, 0.1) is 3.57 Å². The molecule has 0 unspecified atom stereocenters. The Hall–Kier alpha value is -2.02. The highest BCUT2D eigenvalue weighted by Crippen LogP contribution is 2.14. The molecule has 1 heterocycles. The van der Waals surface area contributed by atoms with Crippen LogP contribution < -0.4 is 0 Å². The maximum Gasteiger partial charge on any atom is 0.213 e. The molecular weight excluding hydrogens is 365 g/mol. The van der Waals surface area contributed by atoms with Crippen LogP contribution in [-0.2, 0) is 0 Å². The first-order chi connectivity index (χ1) is 9.75. The fraction of sp³-hybridized carbons (Fsp3) is 0. The van der Waals surface area contributed by atoms with Crippen molar-refractivity contribution in [2.45, 2.75) is 0 Å². The molecule has 20 heavy (non-hydrogen) atoms. The summed E-state index contributed by atoms with van der Waals surface area (Å²) in [5.74, 6) is -0.0877. The van der Waals surface area contributed by atoms with E-state index in [1.165, 1.54) is 6.20 Å². The molecule has 4 nitrogen and oxygen atoms in total. The first kappa shape index (κ1) is 13.0. The van der Waals surface area contributed by atoms with Gasteiger partial charge < -0.3 is 0 Å². The van der Waals surface area contributed by atoms with Crippen LogP contribution in [0.1, 0.15) is 16.1 Å². The zero-order chi connectivity index (χ0) is 13.9. The Labute approximate surface area is 129 Å². The van der Waals surface area contributed by atoms with Gasteiger partial charge in [0.15, 0.2) is 0 Å². The molecule has 0 N–H and O–H groups in total. The third kappa shape index (κ3) is 2.49. The van der Waals surface area contributed by atoms with Gasteiger partial charge in [0.2, 0.25) is 5.78 Å². The first-order valence-corrected chi connectivity index (χ1v) is 7.10. The quantitative estimate of drug-likeness (QED) is 0.522. The summed E-state index contributed by atoms with van der Waals surface area (Å²) in [5, 5.41) is 7.85. The minimum absolute atomic E-state index is 0.0877. The summed E-state index contributed by atoms with van der Waals surface area (Å²) in [6.45, 7) is 0. The lowest BCUT2D eigenvalue weighted by Crippen LogP contribution is -2.10. The van der Waals surface area contributed by atoms with Gasteiger partial charge in [-0.15, -0.1) is 5.10 Å². The van der Waals surface area contributed by atoms with Crippen molar-refractivity contribution < 1.29 is 4.79 Å². The number of ketones is 1. The third-order valence-electron chi connectivity index (χ3n) is 2.89. The molecule has 0 aliphatic heterocycles. The number of hydrogen-bond donors (Lipinski definition) is 0. The van der Waals surface area contributed by atoms with Crippen molar-refractivity contribution in [3.05, 3.63) is 75.6 Å². The topological polar surface area (TPSA) is 47.8 Å². The van der Waals surface area contributed by atoms with Gasteiger partial charge in [-0.1, -0.05) is 23.4 Å². The van der Waals surface area contributed by atoms with Gasteiger partial charge in [0.1, 0.15) is 5.69 Å². The Bertz CT molecular complexity index is 735. The summed E-state index contributed by atoms with van der Waals surface area (Å²) in [6, 6.07) is 16.9. The highest BCUT2D eigenvalue weighted by atomic mass is 127. The lowest BCUT2D eigenvalue weighted by atomic mass is 10.1. The second-order valence-corrected chi connectivity index (χ2v) is 5.45. The van der Waals surface area contributed by atoms with Crippen molar-refractivity contribution >= 4 is 28.4 Å². The summed E-state index contributed by atoms with van der Waals surface area (Å²) in [5.41, 5.74) is 1.90. The maximum atomic E-state index is 12.5. The molecule has 0 saturated carbocycles. The number of halogens is 1. The zero-order valence-corrected chi connectivity index (χ0v) is 12.6. The van der Waals surface area contributed by atoms with Crippen molar-refractivity contribution in [1.29, 1.82) is 0 Å². The molecule has 3 rings (SSSR count). The Morgan fingerprint density at radius 2 is 1.70 bits per heavy atom. The number of hydrogen-bond acceptors (Lipinski definition) is 3. The van der Waals surface area contributed by atoms with Gasteiger partial charge in [0.25, 0.3) is 0 Å². The van der Waals surface area contributed by atoms with Crippen LogP contribution in [0.5, 0.6) is 0 Å². The second-order valence-electron chi connectivity index (χ2n) is 4.20. The van der Waals surface area contributed by atoms with E-state index in [2.05, 4.69) is 32.9 Å². The minimum atomic E-state index is -0.0877. The van der Waals surface area contributed by atoms with E-state index in [9.17, 15) is 4.79 Å². The van der Waals surface area contributed by atoms with Crippen LogP contribution >= 0.6 is 22.6 Å². The maximum absolute atomic E-state index is 12.5. The zero-order valence-electron chi connectivity index (χ0n) is 10.4. The lowest BCUT2D eigenvalue weighted by Gasteiger charge is -2.05. The van der Waals surface area contributed by atoms with Crippen molar-refractivity contribution in [1.82, 2.24) is 15.0 Å². The SMILES string of the molecule is O=C(c1ccc(I)cc1)c1cnnn1-c1ccccc1. The molecule has 0 amide bonds. The van der Waals surface area contributed by atoms with Crippen molar-refractivity contribution in [2.24, 2.45) is 0 Å². The van der Waals surface area contributed by atoms with Crippen molar-refractivity contribution in [3.8, 4) is 5.69 Å². The molecule has 0 aliphatic rings. The van der Waals surface area contributed by atoms with E-state index in [0.29, 0.717) is 11.3 Å². The number of carbonyl (C=O) groups is 1. The molecule has 0 saturated heterocycles. The largest absolute Gasteiger partial charge is 0.287 e. The van der Waals surface area contributed by atoms with Gasteiger partial charge in [0.05, 0.1) is 11.9 Å². The Kier molecular flexibility index (Phi) is 3.60. The van der Waals surface area contributed by atoms with Gasteiger partial charge >= 0.3 is 0 Å². The molecule has 0 spiro atoms. The average molecular weight is 375 g/mol. The van der Waals surface area contributed by atoms with E-state index in [-0.39, 0.29) is 5.78 Å². The minimum Gasteiger partial charge on any atom is -0.287 e. The molecule has 2 aromatic carbocycles. The predicted octanol–water partition coefficient (Wildman–Crippen LogP) is 3.10. The van der Waals surface area contributed by atoms with E-state index in [4.69, 9.17) is 0 Å². The highest BCUT2D eigenvalue weighted by Gasteiger charge is 2.16. The Morgan fingerprint density at radius 1 is 1.00 bits per heavy atom. The van der Waals surface area contributed by atoms with Gasteiger partial charge in [-0.05, 0) is 59.0 Å². The van der Waals surface area contributed by atoms with Crippen LogP contribution in [0.25, 0.3) is 5.69 Å². The highest BCUT2D eigenvalue weighted by molar-refractivity contribution is 14.1. The number of nitrogens with zero attached hydrogens (tertiary/aromatic N) is 3. The molecule has 0 fully saturated rings. The number of rotatable bonds is 3. The van der Waals surface area contributed by atoms with Crippen LogP contribution in [0.15, 0.2) is 60.8 Å². The molecule has 98 valence electrons. The number of carbonyl (C=O) groups excluding carboxylic acids is 1. The summed E-state index contributed by atoms with van der Waals surface area (Å²) in [6.07, 6.45) is 1.49. The third-order valence-corrected chi connectivity index (χ3v) is 3.61. The van der Waals surface area contributed by atoms with E-state index >= 15 is 0 Å². The smallest absolute Gasteiger partial charge is 0.213 e. The van der Waals surface area contributed by atoms with Gasteiger partial charge in [-0.3, -0.25) is 4.79 Å². The molecule has 1 aromatic heterocycles. The van der Waals surface area contributed by atoms with Gasteiger partial charge in [0, 0.05) is 9.13 Å². The second kappa shape index (κ2) is 5.54. The van der Waals surface area contributed by atoms with E-state index in [1.807, 2.05) is 54.6 Å². The Morgan fingerprint density at radius 3 is 2.40 bits per heavy atom. The fourth-order valence-electron chi connectivity index (χ4n) is 1.90. The number of benzene rings is 2. The normalized spacial score (nSPS) is 10.4. The molecule has 0 atom stereocenters. The monoisotopic (exact) mass is 375 g/mol. The summed E-state index contributed by atoms with van der Waals surface area (Å²) in [4.78, 5) is 12.5. The van der Waals surface area contributed by atoms with Crippen LogP contribution in [-0.4, -0.2) is 20.8 Å². The summed E-state index contributed by atoms with van der Waals surface area (Å²) >= 11 is 2.21. The summed E-state index contributed by atoms with van der Waals surface area (Å²) in [7, 11) is 0. The first-order valence-electron chi connectivity index (χ1n) is 6.02. The van der Waals surface area contributed by atoms with Gasteiger partial charge in [-0.25, -0.2) is 4.68 Å². The Balaban J connectivity index is 2.02. The van der Waals surface area contributed by atoms with Crippen LogP contribution in [0.4, 0.5) is 0 Å². The van der Waals surface area contributed by atoms with Crippen molar-refractivity contribution in [3.63, 3.8) is 0 Å². The molecule has 5 heteroatoms. The molecule has 0 radical (unpaired) electrons. The van der Waals surface area contributed by atoms with Crippen LogP contribution in [0.2, 0.25) is 0 Å². The van der Waals surface area contributed by atoms with E-state index in [1.54, 1.807) is 4.68 Å². The molecule has 0 aliphatic carbocycles. The van der Waals surface area contributed by atoms with Crippen molar-refractivity contribution in [2.75, 3.05) is 0 Å². The van der Waals surface area contributed by atoms with Gasteiger partial charge in [-0.2, -0.15) is 0 Å². The standard InChI is InChI=1S/C15H10IN3O/c16-12-8-6-11(7-9-12)15(20)14-10-17-18-19(14)13-4-2-1-3-5-13/h1-10H. The van der Waals surface area contributed by atoms with E-state index in [0.717, 1.165) is 9.26 Å². The molecule has 0 bridgehead atoms. The van der Waals surface area contributed by atoms with Crippen LogP contribution in [0.3, 0.4) is 0 Å². The molecular formula is C15H10IN3O. The number of para-hydroxylation sites is 1. The lowest BCUT2D eigenvalue weighted by molar-refractivity contribution is 0.103. The fourth-order valence-corrected chi connectivity index (χ4v) is 2.26. The molecule has 3 aromatic rings. The predicted molar refractivity (Wildman–Crippen MR) is 84.0 cm³/mol. The average Bonchev–Trinajstić information content (AvgIpc) is 2.97. The summed E-state index contributed by atoms with van der Waals surface area (Å²) < 4.78 is 2.65. The number of aromatic nitrogens is 3. The van der Waals surface area contributed by atoms with E-state index < -0.39 is 0 Å².